The van der Waals surface area contributed by atoms with Crippen LogP contribution in [0.1, 0.15) is 16.1 Å². The highest BCUT2D eigenvalue weighted by molar-refractivity contribution is 6.30. The van der Waals surface area contributed by atoms with E-state index in [1.54, 1.807) is 24.1 Å². The van der Waals surface area contributed by atoms with Gasteiger partial charge in [0.25, 0.3) is 5.91 Å². The summed E-state index contributed by atoms with van der Waals surface area (Å²) >= 11 is 5.87. The molecule has 0 saturated heterocycles. The fourth-order valence-corrected chi connectivity index (χ4v) is 2.40. The van der Waals surface area contributed by atoms with E-state index in [9.17, 15) is 4.79 Å². The molecule has 0 aliphatic carbocycles. The van der Waals surface area contributed by atoms with Crippen LogP contribution >= 0.6 is 11.6 Å². The van der Waals surface area contributed by atoms with Crippen molar-refractivity contribution in [2.24, 2.45) is 0 Å². The lowest BCUT2D eigenvalue weighted by atomic mass is 10.2. The van der Waals surface area contributed by atoms with E-state index in [1.165, 1.54) is 0 Å². The summed E-state index contributed by atoms with van der Waals surface area (Å²) in [5.41, 5.74) is 2.18. The molecular weight excluding hydrogens is 336 g/mol. The molecule has 0 aliphatic rings. The lowest BCUT2D eigenvalue weighted by Gasteiger charge is -2.16. The number of para-hydroxylation sites is 1. The molecule has 0 saturated carbocycles. The van der Waals surface area contributed by atoms with Gasteiger partial charge >= 0.3 is 0 Å². The van der Waals surface area contributed by atoms with E-state index in [1.807, 2.05) is 54.6 Å². The molecule has 0 fully saturated rings. The van der Waals surface area contributed by atoms with Gasteiger partial charge in [0.15, 0.2) is 5.69 Å². The number of hydrogen-bond donors (Lipinski definition) is 1. The second-order valence-corrected chi connectivity index (χ2v) is 5.92. The van der Waals surface area contributed by atoms with Crippen molar-refractivity contribution in [1.29, 1.82) is 0 Å². The normalized spacial score (nSPS) is 10.3. The topological polar surface area (TPSA) is 58.1 Å². The minimum atomic E-state index is -0.206. The van der Waals surface area contributed by atoms with Crippen LogP contribution < -0.4 is 10.2 Å². The molecule has 3 aromatic rings. The van der Waals surface area contributed by atoms with Crippen LogP contribution in [0.15, 0.2) is 66.7 Å². The summed E-state index contributed by atoms with van der Waals surface area (Å²) in [4.78, 5) is 14.0. The Balaban J connectivity index is 1.63. The van der Waals surface area contributed by atoms with E-state index < -0.39 is 0 Å². The number of aromatic nitrogens is 2. The quantitative estimate of drug-likeness (QED) is 0.753. The van der Waals surface area contributed by atoms with Crippen LogP contribution in [0.25, 0.3) is 0 Å². The molecule has 0 bridgehead atoms. The number of rotatable bonds is 5. The predicted molar refractivity (Wildman–Crippen MR) is 100.0 cm³/mol. The Hall–Kier alpha value is -2.92. The number of nitrogens with zero attached hydrogens (tertiary/aromatic N) is 3. The lowest BCUT2D eigenvalue weighted by molar-refractivity contribution is 0.0987. The number of carbonyl (C=O) groups is 1. The molecule has 0 unspecified atom stereocenters. The van der Waals surface area contributed by atoms with Gasteiger partial charge in [0, 0.05) is 24.3 Å². The summed E-state index contributed by atoms with van der Waals surface area (Å²) in [5, 5.41) is 12.0. The van der Waals surface area contributed by atoms with Gasteiger partial charge in [0.1, 0.15) is 5.82 Å². The molecule has 1 heterocycles. The molecule has 0 aliphatic heterocycles. The summed E-state index contributed by atoms with van der Waals surface area (Å²) in [5.74, 6) is 0.400. The monoisotopic (exact) mass is 352 g/mol. The number of nitrogens with one attached hydrogen (secondary N) is 1. The second-order valence-electron chi connectivity index (χ2n) is 5.48. The Morgan fingerprint density at radius 3 is 2.36 bits per heavy atom. The predicted octanol–water partition coefficient (Wildman–Crippen LogP) is 4.02. The number of hydrogen-bond acceptors (Lipinski definition) is 4. The summed E-state index contributed by atoms with van der Waals surface area (Å²) < 4.78 is 0. The van der Waals surface area contributed by atoms with Crippen molar-refractivity contribution in [2.45, 2.75) is 6.54 Å². The van der Waals surface area contributed by atoms with Gasteiger partial charge in [-0.2, -0.15) is 0 Å². The van der Waals surface area contributed by atoms with Crippen LogP contribution in [-0.4, -0.2) is 23.2 Å². The molecule has 2 aromatic carbocycles. The van der Waals surface area contributed by atoms with E-state index in [-0.39, 0.29) is 5.91 Å². The zero-order valence-corrected chi connectivity index (χ0v) is 14.4. The zero-order valence-electron chi connectivity index (χ0n) is 13.7. The highest BCUT2D eigenvalue weighted by atomic mass is 35.5. The highest BCUT2D eigenvalue weighted by Crippen LogP contribution is 2.15. The average Bonchev–Trinajstić information content (AvgIpc) is 2.67. The number of carbonyl (C=O) groups excluding carboxylic acids is 1. The van der Waals surface area contributed by atoms with Crippen LogP contribution in [0, 0.1) is 0 Å². The van der Waals surface area contributed by atoms with Crippen LogP contribution in [-0.2, 0) is 6.54 Å². The van der Waals surface area contributed by atoms with Gasteiger partial charge in [-0.3, -0.25) is 4.79 Å². The Morgan fingerprint density at radius 2 is 1.72 bits per heavy atom. The van der Waals surface area contributed by atoms with Crippen LogP contribution in [0.5, 0.6) is 0 Å². The third-order valence-corrected chi connectivity index (χ3v) is 3.97. The highest BCUT2D eigenvalue weighted by Gasteiger charge is 2.15. The number of amides is 1. The first-order valence-corrected chi connectivity index (χ1v) is 8.16. The molecular formula is C19H17ClN4O. The van der Waals surface area contributed by atoms with Crippen LogP contribution in [0.4, 0.5) is 11.5 Å². The fraction of sp³-hybridized carbons (Fsp3) is 0.105. The third-order valence-electron chi connectivity index (χ3n) is 3.72. The SMILES string of the molecule is CN(C(=O)c1ccc(NCc2ccc(Cl)cc2)nn1)c1ccccc1. The van der Waals surface area contributed by atoms with Gasteiger partial charge < -0.3 is 10.2 Å². The van der Waals surface area contributed by atoms with Crippen molar-refractivity contribution in [3.8, 4) is 0 Å². The maximum atomic E-state index is 12.5. The Bertz CT molecular complexity index is 836. The molecule has 1 N–H and O–H groups in total. The van der Waals surface area contributed by atoms with Gasteiger partial charge in [0.05, 0.1) is 0 Å². The summed E-state index contributed by atoms with van der Waals surface area (Å²) in [6.07, 6.45) is 0. The molecule has 25 heavy (non-hydrogen) atoms. The third kappa shape index (κ3) is 4.33. The van der Waals surface area contributed by atoms with Crippen molar-refractivity contribution in [2.75, 3.05) is 17.3 Å². The first kappa shape index (κ1) is 16.9. The fourth-order valence-electron chi connectivity index (χ4n) is 2.28. The summed E-state index contributed by atoms with van der Waals surface area (Å²) in [6, 6.07) is 20.4. The van der Waals surface area contributed by atoms with Gasteiger partial charge in [-0.15, -0.1) is 10.2 Å². The first-order chi connectivity index (χ1) is 12.1. The Morgan fingerprint density at radius 1 is 1.00 bits per heavy atom. The molecule has 0 atom stereocenters. The average molecular weight is 353 g/mol. The number of halogens is 1. The maximum absolute atomic E-state index is 12.5. The molecule has 3 rings (SSSR count). The van der Waals surface area contributed by atoms with Crippen molar-refractivity contribution >= 4 is 29.0 Å². The molecule has 0 radical (unpaired) electrons. The number of anilines is 2. The second kappa shape index (κ2) is 7.77. The number of benzene rings is 2. The van der Waals surface area contributed by atoms with Crippen molar-refractivity contribution in [3.63, 3.8) is 0 Å². The standard InChI is InChI=1S/C19H17ClN4O/c1-24(16-5-3-2-4-6-16)19(25)17-11-12-18(23-22-17)21-13-14-7-9-15(20)10-8-14/h2-12H,13H2,1H3,(H,21,23). The van der Waals surface area contributed by atoms with Crippen molar-refractivity contribution in [1.82, 2.24) is 10.2 Å². The van der Waals surface area contributed by atoms with Gasteiger partial charge in [-0.1, -0.05) is 41.9 Å². The Kier molecular flexibility index (Phi) is 5.26. The van der Waals surface area contributed by atoms with Crippen molar-refractivity contribution < 1.29 is 4.79 Å². The molecule has 0 spiro atoms. The van der Waals surface area contributed by atoms with E-state index >= 15 is 0 Å². The summed E-state index contributed by atoms with van der Waals surface area (Å²) in [7, 11) is 1.71. The largest absolute Gasteiger partial charge is 0.365 e. The molecule has 1 aromatic heterocycles. The van der Waals surface area contributed by atoms with E-state index in [2.05, 4.69) is 15.5 Å². The molecule has 126 valence electrons. The van der Waals surface area contributed by atoms with Gasteiger partial charge in [-0.25, -0.2) is 0 Å². The minimum absolute atomic E-state index is 0.206. The lowest BCUT2D eigenvalue weighted by Crippen LogP contribution is -2.27. The summed E-state index contributed by atoms with van der Waals surface area (Å²) in [6.45, 7) is 0.600. The van der Waals surface area contributed by atoms with E-state index in [0.717, 1.165) is 11.3 Å². The minimum Gasteiger partial charge on any atom is -0.365 e. The van der Waals surface area contributed by atoms with Gasteiger partial charge in [0.2, 0.25) is 0 Å². The van der Waals surface area contributed by atoms with Gasteiger partial charge in [-0.05, 0) is 42.0 Å². The molecule has 5 nitrogen and oxygen atoms in total. The molecule has 6 heteroatoms. The first-order valence-electron chi connectivity index (χ1n) is 7.78. The maximum Gasteiger partial charge on any atom is 0.278 e. The van der Waals surface area contributed by atoms with Crippen LogP contribution in [0.2, 0.25) is 5.02 Å². The molecule has 1 amide bonds. The Labute approximate surface area is 151 Å². The smallest absolute Gasteiger partial charge is 0.278 e. The van der Waals surface area contributed by atoms with E-state index in [4.69, 9.17) is 11.6 Å². The van der Waals surface area contributed by atoms with Crippen LogP contribution in [0.3, 0.4) is 0 Å². The zero-order chi connectivity index (χ0) is 17.6. The van der Waals surface area contributed by atoms with E-state index in [0.29, 0.717) is 23.1 Å². The van der Waals surface area contributed by atoms with Crippen molar-refractivity contribution in [3.05, 3.63) is 83.0 Å².